The van der Waals surface area contributed by atoms with E-state index >= 15 is 0 Å². The van der Waals surface area contributed by atoms with Crippen molar-refractivity contribution in [3.63, 3.8) is 0 Å². The molecular weight excluding hydrogens is 294 g/mol. The molecule has 1 aromatic carbocycles. The first-order chi connectivity index (χ1) is 8.83. The van der Waals surface area contributed by atoms with Crippen LogP contribution in [0.4, 0.5) is 0 Å². The van der Waals surface area contributed by atoms with E-state index in [1.54, 1.807) is 7.11 Å². The monoisotopic (exact) mass is 313 g/mol. The van der Waals surface area contributed by atoms with E-state index in [4.69, 9.17) is 9.47 Å². The fourth-order valence-corrected chi connectivity index (χ4v) is 3.05. The molecule has 1 aliphatic heterocycles. The predicted molar refractivity (Wildman–Crippen MR) is 76.9 cm³/mol. The van der Waals surface area contributed by atoms with E-state index in [1.165, 1.54) is 19.4 Å². The fourth-order valence-electron chi connectivity index (χ4n) is 2.32. The number of hydrogen-bond donors (Lipinski definition) is 0. The van der Waals surface area contributed by atoms with Crippen molar-refractivity contribution in [2.45, 2.75) is 18.9 Å². The van der Waals surface area contributed by atoms with Crippen molar-refractivity contribution in [1.82, 2.24) is 4.90 Å². The molecule has 18 heavy (non-hydrogen) atoms. The van der Waals surface area contributed by atoms with Gasteiger partial charge in [-0.3, -0.25) is 4.90 Å². The first-order valence-electron chi connectivity index (χ1n) is 6.40. The highest BCUT2D eigenvalue weighted by Gasteiger charge is 2.22. The van der Waals surface area contributed by atoms with E-state index in [9.17, 15) is 0 Å². The van der Waals surface area contributed by atoms with Gasteiger partial charge < -0.3 is 9.47 Å². The second kappa shape index (κ2) is 7.00. The van der Waals surface area contributed by atoms with Crippen LogP contribution in [0.25, 0.3) is 0 Å². The van der Waals surface area contributed by atoms with E-state index < -0.39 is 0 Å². The summed E-state index contributed by atoms with van der Waals surface area (Å²) >= 11 is 3.57. The number of rotatable bonds is 6. The maximum absolute atomic E-state index is 5.75. The molecule has 0 aliphatic carbocycles. The summed E-state index contributed by atoms with van der Waals surface area (Å²) in [7, 11) is 1.67. The molecule has 0 saturated carbocycles. The Morgan fingerprint density at radius 2 is 2.00 bits per heavy atom. The summed E-state index contributed by atoms with van der Waals surface area (Å²) in [6, 6.07) is 8.43. The number of benzene rings is 1. The molecule has 0 bridgehead atoms. The smallest absolute Gasteiger partial charge is 0.119 e. The number of ether oxygens (including phenoxy) is 2. The number of likely N-dealkylation sites (tertiary alicyclic amines) is 1. The molecule has 1 atom stereocenters. The van der Waals surface area contributed by atoms with Crippen molar-refractivity contribution < 1.29 is 9.47 Å². The van der Waals surface area contributed by atoms with Crippen LogP contribution in [0.1, 0.15) is 12.8 Å². The highest BCUT2D eigenvalue weighted by molar-refractivity contribution is 9.09. The van der Waals surface area contributed by atoms with Gasteiger partial charge in [-0.2, -0.15) is 0 Å². The average Bonchev–Trinajstić information content (AvgIpc) is 2.87. The third-order valence-electron chi connectivity index (χ3n) is 3.38. The summed E-state index contributed by atoms with van der Waals surface area (Å²) in [5.41, 5.74) is 0. The second-order valence-electron chi connectivity index (χ2n) is 4.51. The van der Waals surface area contributed by atoms with Crippen LogP contribution in [-0.4, -0.2) is 43.1 Å². The zero-order chi connectivity index (χ0) is 12.8. The quantitative estimate of drug-likeness (QED) is 0.754. The van der Waals surface area contributed by atoms with Gasteiger partial charge in [0.1, 0.15) is 18.1 Å². The van der Waals surface area contributed by atoms with Gasteiger partial charge in [-0.15, -0.1) is 0 Å². The van der Waals surface area contributed by atoms with Gasteiger partial charge in [-0.05, 0) is 43.7 Å². The molecule has 1 aromatic rings. The highest BCUT2D eigenvalue weighted by Crippen LogP contribution is 2.19. The van der Waals surface area contributed by atoms with Gasteiger partial charge >= 0.3 is 0 Å². The predicted octanol–water partition coefficient (Wildman–Crippen LogP) is 2.93. The van der Waals surface area contributed by atoms with Crippen LogP contribution in [0.15, 0.2) is 24.3 Å². The van der Waals surface area contributed by atoms with Crippen LogP contribution in [0.5, 0.6) is 11.5 Å². The SMILES string of the molecule is COc1ccc(OCCN2CCCC2CBr)cc1. The van der Waals surface area contributed by atoms with E-state index in [0.717, 1.165) is 30.0 Å². The van der Waals surface area contributed by atoms with E-state index in [0.29, 0.717) is 6.04 Å². The normalized spacial score (nSPS) is 20.0. The Kier molecular flexibility index (Phi) is 5.32. The third kappa shape index (κ3) is 3.62. The summed E-state index contributed by atoms with van der Waals surface area (Å²) in [5, 5.41) is 1.07. The van der Waals surface area contributed by atoms with Crippen molar-refractivity contribution in [1.29, 1.82) is 0 Å². The Labute approximate surface area is 117 Å². The fraction of sp³-hybridized carbons (Fsp3) is 0.571. The Bertz CT molecular complexity index is 355. The van der Waals surface area contributed by atoms with Crippen molar-refractivity contribution in [3.05, 3.63) is 24.3 Å². The lowest BCUT2D eigenvalue weighted by Crippen LogP contribution is -2.34. The minimum atomic E-state index is 0.685. The topological polar surface area (TPSA) is 21.7 Å². The van der Waals surface area contributed by atoms with Gasteiger partial charge in [0.05, 0.1) is 7.11 Å². The standard InChI is InChI=1S/C14H20BrNO2/c1-17-13-4-6-14(7-5-13)18-10-9-16-8-2-3-12(16)11-15/h4-7,12H,2-3,8-11H2,1H3. The summed E-state index contributed by atoms with van der Waals surface area (Å²) < 4.78 is 10.9. The maximum Gasteiger partial charge on any atom is 0.119 e. The van der Waals surface area contributed by atoms with Crippen LogP contribution in [0, 0.1) is 0 Å². The molecule has 1 heterocycles. The minimum absolute atomic E-state index is 0.685. The molecule has 1 unspecified atom stereocenters. The molecule has 0 radical (unpaired) electrons. The number of alkyl halides is 1. The summed E-state index contributed by atoms with van der Waals surface area (Å²) in [6.45, 7) is 2.94. The van der Waals surface area contributed by atoms with Gasteiger partial charge in [0, 0.05) is 17.9 Å². The first kappa shape index (κ1) is 13.7. The van der Waals surface area contributed by atoms with Crippen LogP contribution >= 0.6 is 15.9 Å². The lowest BCUT2D eigenvalue weighted by Gasteiger charge is -2.22. The van der Waals surface area contributed by atoms with Gasteiger partial charge in [-0.25, -0.2) is 0 Å². The van der Waals surface area contributed by atoms with Crippen LogP contribution < -0.4 is 9.47 Å². The Hall–Kier alpha value is -0.740. The maximum atomic E-state index is 5.75. The molecule has 0 spiro atoms. The highest BCUT2D eigenvalue weighted by atomic mass is 79.9. The van der Waals surface area contributed by atoms with Crippen LogP contribution in [-0.2, 0) is 0 Å². The molecule has 4 heteroatoms. The van der Waals surface area contributed by atoms with Gasteiger partial charge in [0.25, 0.3) is 0 Å². The zero-order valence-electron chi connectivity index (χ0n) is 10.8. The lowest BCUT2D eigenvalue weighted by molar-refractivity contribution is 0.207. The Morgan fingerprint density at radius 3 is 2.67 bits per heavy atom. The van der Waals surface area contributed by atoms with Crippen molar-refractivity contribution >= 4 is 15.9 Å². The van der Waals surface area contributed by atoms with E-state index in [2.05, 4.69) is 20.8 Å². The first-order valence-corrected chi connectivity index (χ1v) is 7.52. The molecule has 3 nitrogen and oxygen atoms in total. The zero-order valence-corrected chi connectivity index (χ0v) is 12.4. The summed E-state index contributed by atoms with van der Waals surface area (Å²) in [4.78, 5) is 2.50. The molecule has 2 rings (SSSR count). The lowest BCUT2D eigenvalue weighted by atomic mass is 10.2. The number of hydrogen-bond acceptors (Lipinski definition) is 3. The minimum Gasteiger partial charge on any atom is -0.497 e. The Balaban J connectivity index is 1.74. The molecule has 0 N–H and O–H groups in total. The van der Waals surface area contributed by atoms with E-state index in [1.807, 2.05) is 24.3 Å². The molecule has 0 aromatic heterocycles. The number of halogens is 1. The van der Waals surface area contributed by atoms with Crippen molar-refractivity contribution in [2.24, 2.45) is 0 Å². The Morgan fingerprint density at radius 1 is 1.28 bits per heavy atom. The molecule has 0 amide bonds. The molecule has 1 aliphatic rings. The van der Waals surface area contributed by atoms with Gasteiger partial charge in [0.2, 0.25) is 0 Å². The van der Waals surface area contributed by atoms with Gasteiger partial charge in [-0.1, -0.05) is 15.9 Å². The number of nitrogens with zero attached hydrogens (tertiary/aromatic N) is 1. The molecule has 1 fully saturated rings. The summed E-state index contributed by atoms with van der Waals surface area (Å²) in [5.74, 6) is 1.77. The van der Waals surface area contributed by atoms with Gasteiger partial charge in [0.15, 0.2) is 0 Å². The summed E-state index contributed by atoms with van der Waals surface area (Å²) in [6.07, 6.45) is 2.60. The third-order valence-corrected chi connectivity index (χ3v) is 4.13. The van der Waals surface area contributed by atoms with Crippen molar-refractivity contribution in [2.75, 3.05) is 32.1 Å². The molecular formula is C14H20BrNO2. The number of methoxy groups -OCH3 is 1. The average molecular weight is 314 g/mol. The molecule has 1 saturated heterocycles. The van der Waals surface area contributed by atoms with E-state index in [-0.39, 0.29) is 0 Å². The van der Waals surface area contributed by atoms with Crippen LogP contribution in [0.3, 0.4) is 0 Å². The van der Waals surface area contributed by atoms with Crippen molar-refractivity contribution in [3.8, 4) is 11.5 Å². The second-order valence-corrected chi connectivity index (χ2v) is 5.16. The largest absolute Gasteiger partial charge is 0.497 e. The van der Waals surface area contributed by atoms with Crippen LogP contribution in [0.2, 0.25) is 0 Å². The molecule has 100 valence electrons.